The molecular weight excluding hydrogens is 318 g/mol. The van der Waals surface area contributed by atoms with Crippen molar-refractivity contribution in [3.63, 3.8) is 0 Å². The van der Waals surface area contributed by atoms with Crippen LogP contribution < -0.4 is 0 Å². The normalized spacial score (nSPS) is 13.2. The second-order valence-electron chi connectivity index (χ2n) is 9.56. The molecule has 0 unspecified atom stereocenters. The van der Waals surface area contributed by atoms with E-state index in [-0.39, 0.29) is 10.8 Å². The quantitative estimate of drug-likeness (QED) is 0.428. The lowest BCUT2D eigenvalue weighted by Crippen LogP contribution is -2.12. The number of nitrogens with zero attached hydrogens (tertiary/aromatic N) is 3. The van der Waals surface area contributed by atoms with Gasteiger partial charge in [0, 0.05) is 21.9 Å². The van der Waals surface area contributed by atoms with Gasteiger partial charge in [-0.3, -0.25) is 4.98 Å². The molecule has 0 N–H and O–H groups in total. The van der Waals surface area contributed by atoms with Gasteiger partial charge in [0.25, 0.3) is 0 Å². The first kappa shape index (κ1) is 17.0. The summed E-state index contributed by atoms with van der Waals surface area (Å²) in [5, 5.41) is 7.33. The minimum atomic E-state index is 0.0214. The van der Waals surface area contributed by atoms with Crippen LogP contribution in [-0.4, -0.2) is 14.6 Å². The van der Waals surface area contributed by atoms with E-state index in [1.807, 2.05) is 6.20 Å². The Morgan fingerprint density at radius 1 is 0.885 bits per heavy atom. The molecule has 0 spiro atoms. The maximum Gasteiger partial charge on any atom is 0.112 e. The number of benzene rings is 1. The van der Waals surface area contributed by atoms with E-state index in [0.717, 1.165) is 23.1 Å². The lowest BCUT2D eigenvalue weighted by atomic mass is 9.86. The summed E-state index contributed by atoms with van der Waals surface area (Å²) in [7, 11) is 0. The van der Waals surface area contributed by atoms with E-state index in [1.54, 1.807) is 0 Å². The predicted molar refractivity (Wildman–Crippen MR) is 110 cm³/mol. The highest BCUT2D eigenvalue weighted by Gasteiger charge is 2.20. The molecule has 0 atom stereocenters. The minimum Gasteiger partial charge on any atom is -0.258 e. The first-order valence-corrected chi connectivity index (χ1v) is 9.33. The molecule has 3 aromatic heterocycles. The average Bonchev–Trinajstić information content (AvgIpc) is 2.91. The zero-order chi connectivity index (χ0) is 18.7. The van der Waals surface area contributed by atoms with Gasteiger partial charge in [0.1, 0.15) is 5.52 Å². The van der Waals surface area contributed by atoms with Gasteiger partial charge in [-0.15, -0.1) is 0 Å². The zero-order valence-electron chi connectivity index (χ0n) is 16.6. The van der Waals surface area contributed by atoms with E-state index in [1.165, 1.54) is 21.9 Å². The molecule has 3 heterocycles. The van der Waals surface area contributed by atoms with Crippen LogP contribution in [0.4, 0.5) is 0 Å². The second-order valence-corrected chi connectivity index (χ2v) is 9.56. The number of para-hydroxylation sites is 1. The van der Waals surface area contributed by atoms with Crippen LogP contribution in [0.5, 0.6) is 0 Å². The third-order valence-electron chi connectivity index (χ3n) is 4.87. The first-order valence-electron chi connectivity index (χ1n) is 9.33. The summed E-state index contributed by atoms with van der Waals surface area (Å²) in [5.41, 5.74) is 6.03. The highest BCUT2D eigenvalue weighted by molar-refractivity contribution is 5.99. The minimum absolute atomic E-state index is 0.0214. The number of rotatable bonds is 1. The van der Waals surface area contributed by atoms with Crippen LogP contribution in [0.1, 0.15) is 52.8 Å². The van der Waals surface area contributed by atoms with Crippen molar-refractivity contribution >= 4 is 27.3 Å². The summed E-state index contributed by atoms with van der Waals surface area (Å²) >= 11 is 0. The van der Waals surface area contributed by atoms with E-state index in [4.69, 9.17) is 5.10 Å². The Hall–Kier alpha value is -2.42. The Labute approximate surface area is 155 Å². The smallest absolute Gasteiger partial charge is 0.112 e. The van der Waals surface area contributed by atoms with Crippen molar-refractivity contribution in [1.82, 2.24) is 14.6 Å². The fraction of sp³-hybridized carbons (Fsp3) is 0.391. The van der Waals surface area contributed by atoms with Gasteiger partial charge in [-0.25, -0.2) is 4.52 Å². The molecule has 0 aliphatic carbocycles. The number of fused-ring (bicyclic) bond motifs is 5. The molecule has 134 valence electrons. The van der Waals surface area contributed by atoms with Gasteiger partial charge in [-0.1, -0.05) is 59.7 Å². The number of hydrogen-bond acceptors (Lipinski definition) is 2. The van der Waals surface area contributed by atoms with Crippen molar-refractivity contribution in [3.05, 3.63) is 53.9 Å². The number of aromatic nitrogens is 3. The fourth-order valence-electron chi connectivity index (χ4n) is 3.63. The zero-order valence-corrected chi connectivity index (χ0v) is 16.6. The van der Waals surface area contributed by atoms with Crippen molar-refractivity contribution in [1.29, 1.82) is 0 Å². The van der Waals surface area contributed by atoms with Gasteiger partial charge in [0.15, 0.2) is 0 Å². The number of pyridine rings is 2. The van der Waals surface area contributed by atoms with Crippen molar-refractivity contribution in [3.8, 4) is 0 Å². The van der Waals surface area contributed by atoms with Gasteiger partial charge in [-0.05, 0) is 35.6 Å². The van der Waals surface area contributed by atoms with Crippen LogP contribution in [0.15, 0.2) is 42.6 Å². The highest BCUT2D eigenvalue weighted by Crippen LogP contribution is 2.32. The highest BCUT2D eigenvalue weighted by atomic mass is 15.2. The van der Waals surface area contributed by atoms with E-state index in [2.05, 4.69) is 87.4 Å². The van der Waals surface area contributed by atoms with Gasteiger partial charge in [-0.2, -0.15) is 5.10 Å². The molecular formula is C23H27N3. The molecule has 0 aliphatic rings. The van der Waals surface area contributed by atoms with Gasteiger partial charge < -0.3 is 0 Å². The van der Waals surface area contributed by atoms with Gasteiger partial charge in [0.05, 0.1) is 17.2 Å². The lowest BCUT2D eigenvalue weighted by Gasteiger charge is -2.20. The maximum atomic E-state index is 4.86. The summed E-state index contributed by atoms with van der Waals surface area (Å²) in [6.45, 7) is 13.5. The molecule has 0 saturated heterocycles. The second kappa shape index (κ2) is 5.54. The molecule has 0 saturated carbocycles. The van der Waals surface area contributed by atoms with Crippen LogP contribution in [-0.2, 0) is 11.8 Å². The summed E-state index contributed by atoms with van der Waals surface area (Å²) in [6.07, 6.45) is 2.95. The van der Waals surface area contributed by atoms with Gasteiger partial charge in [0.2, 0.25) is 0 Å². The van der Waals surface area contributed by atoms with Crippen LogP contribution in [0.25, 0.3) is 27.3 Å². The van der Waals surface area contributed by atoms with Crippen molar-refractivity contribution in [2.45, 2.75) is 53.4 Å². The molecule has 3 nitrogen and oxygen atoms in total. The molecule has 3 heteroatoms. The Morgan fingerprint density at radius 2 is 1.62 bits per heavy atom. The number of hydrogen-bond donors (Lipinski definition) is 0. The summed E-state index contributed by atoms with van der Waals surface area (Å²) in [5.74, 6) is 0. The molecule has 0 radical (unpaired) electrons. The Kier molecular flexibility index (Phi) is 3.62. The molecule has 4 aromatic rings. The van der Waals surface area contributed by atoms with Crippen LogP contribution in [0.3, 0.4) is 0 Å². The maximum absolute atomic E-state index is 4.86. The standard InChI is InChI=1S/C23H27N3/c1-22(2,3)13-15-11-20-17-12-21(23(4,5)6)24-14-18(17)25-26(20)19-10-8-7-9-16(15)19/h7-12,14H,13H2,1-6H3. The van der Waals surface area contributed by atoms with E-state index < -0.39 is 0 Å². The summed E-state index contributed by atoms with van der Waals surface area (Å²) in [4.78, 5) is 4.66. The summed E-state index contributed by atoms with van der Waals surface area (Å²) < 4.78 is 2.08. The molecule has 26 heavy (non-hydrogen) atoms. The third kappa shape index (κ3) is 2.86. The van der Waals surface area contributed by atoms with Crippen LogP contribution in [0, 0.1) is 5.41 Å². The third-order valence-corrected chi connectivity index (χ3v) is 4.87. The van der Waals surface area contributed by atoms with Crippen LogP contribution >= 0.6 is 0 Å². The van der Waals surface area contributed by atoms with Gasteiger partial charge >= 0.3 is 0 Å². The van der Waals surface area contributed by atoms with Crippen molar-refractivity contribution in [2.75, 3.05) is 0 Å². The SMILES string of the molecule is CC(C)(C)Cc1cc2c3cc(C(C)(C)C)ncc3nn2c2ccccc12. The Bertz CT molecular complexity index is 1120. The topological polar surface area (TPSA) is 30.2 Å². The Balaban J connectivity index is 2.10. The van der Waals surface area contributed by atoms with E-state index in [9.17, 15) is 0 Å². The van der Waals surface area contributed by atoms with Crippen LogP contribution in [0.2, 0.25) is 0 Å². The molecule has 0 aliphatic heterocycles. The fourth-order valence-corrected chi connectivity index (χ4v) is 3.63. The largest absolute Gasteiger partial charge is 0.258 e. The molecule has 0 amide bonds. The van der Waals surface area contributed by atoms with Crippen molar-refractivity contribution < 1.29 is 0 Å². The molecule has 4 rings (SSSR count). The van der Waals surface area contributed by atoms with Crippen molar-refractivity contribution in [2.24, 2.45) is 5.41 Å². The lowest BCUT2D eigenvalue weighted by molar-refractivity contribution is 0.412. The molecule has 0 bridgehead atoms. The first-order chi connectivity index (χ1) is 12.1. The molecule has 1 aromatic carbocycles. The van der Waals surface area contributed by atoms with E-state index in [0.29, 0.717) is 0 Å². The average molecular weight is 345 g/mol. The molecule has 0 fully saturated rings. The summed E-state index contributed by atoms with van der Waals surface area (Å²) in [6, 6.07) is 13.1. The monoisotopic (exact) mass is 345 g/mol. The van der Waals surface area contributed by atoms with E-state index >= 15 is 0 Å². The Morgan fingerprint density at radius 3 is 2.31 bits per heavy atom. The predicted octanol–water partition coefficient (Wildman–Crippen LogP) is 5.92.